The van der Waals surface area contributed by atoms with Crippen LogP contribution in [0.1, 0.15) is 25.7 Å². The van der Waals surface area contributed by atoms with Crippen molar-refractivity contribution < 1.29 is 9.53 Å². The molecule has 1 heterocycles. The van der Waals surface area contributed by atoms with Gasteiger partial charge in [-0.2, -0.15) is 0 Å². The second-order valence-corrected chi connectivity index (χ2v) is 3.67. The van der Waals surface area contributed by atoms with Crippen LogP contribution in [0.25, 0.3) is 0 Å². The van der Waals surface area contributed by atoms with Crippen LogP contribution in [-0.2, 0) is 9.53 Å². The van der Waals surface area contributed by atoms with Gasteiger partial charge in [-0.3, -0.25) is 4.79 Å². The Morgan fingerprint density at radius 1 is 1.64 bits per heavy atom. The van der Waals surface area contributed by atoms with E-state index in [0.717, 1.165) is 32.2 Å². The summed E-state index contributed by atoms with van der Waals surface area (Å²) < 4.78 is 4.67. The predicted octanol–water partition coefficient (Wildman–Crippen LogP) is 0.941. The number of carbonyl (C=O) groups is 1. The fourth-order valence-corrected chi connectivity index (χ4v) is 1.79. The Morgan fingerprint density at radius 3 is 2.93 bits per heavy atom. The van der Waals surface area contributed by atoms with Gasteiger partial charge < -0.3 is 10.1 Å². The van der Waals surface area contributed by atoms with Gasteiger partial charge in [-0.25, -0.2) is 0 Å². The van der Waals surface area contributed by atoms with Crippen molar-refractivity contribution in [3.05, 3.63) is 0 Å². The summed E-state index contributed by atoms with van der Waals surface area (Å²) in [4.78, 5) is 11.2. The van der Waals surface area contributed by atoms with Gasteiger partial charge in [0.15, 0.2) is 0 Å². The molecule has 0 aromatic rings. The van der Waals surface area contributed by atoms with E-state index in [0.29, 0.717) is 5.92 Å². The van der Waals surface area contributed by atoms with E-state index >= 15 is 0 Å². The molecule has 2 atom stereocenters. The lowest BCUT2D eigenvalue weighted by Gasteiger charge is -2.27. The van der Waals surface area contributed by atoms with Crippen molar-refractivity contribution in [1.82, 2.24) is 5.32 Å². The van der Waals surface area contributed by atoms with E-state index in [1.54, 1.807) is 0 Å². The Bertz CT molecular complexity index is 224. The molecule has 1 aliphatic rings. The third-order valence-corrected chi connectivity index (χ3v) is 2.70. The average Bonchev–Trinajstić information content (AvgIpc) is 2.26. The largest absolute Gasteiger partial charge is 0.468 e. The van der Waals surface area contributed by atoms with Crippen LogP contribution in [0, 0.1) is 18.3 Å². The summed E-state index contributed by atoms with van der Waals surface area (Å²) in [6.45, 7) is 0.876. The summed E-state index contributed by atoms with van der Waals surface area (Å²) in [7, 11) is 1.43. The van der Waals surface area contributed by atoms with E-state index in [1.165, 1.54) is 7.11 Å². The zero-order chi connectivity index (χ0) is 10.4. The Morgan fingerprint density at radius 2 is 2.43 bits per heavy atom. The third kappa shape index (κ3) is 3.04. The number of carbonyl (C=O) groups excluding carboxylic acids is 1. The van der Waals surface area contributed by atoms with Gasteiger partial charge in [0, 0.05) is 6.42 Å². The first-order chi connectivity index (χ1) is 6.77. The van der Waals surface area contributed by atoms with Gasteiger partial charge in [0.25, 0.3) is 0 Å². The molecule has 0 aromatic heterocycles. The molecule has 0 spiro atoms. The van der Waals surface area contributed by atoms with E-state index in [4.69, 9.17) is 6.42 Å². The molecule has 78 valence electrons. The molecular weight excluding hydrogens is 178 g/mol. The first-order valence-corrected chi connectivity index (χ1v) is 5.02. The number of hydrogen-bond acceptors (Lipinski definition) is 3. The highest BCUT2D eigenvalue weighted by molar-refractivity contribution is 5.75. The minimum atomic E-state index is -0.152. The van der Waals surface area contributed by atoms with Crippen molar-refractivity contribution in [1.29, 1.82) is 0 Å². The van der Waals surface area contributed by atoms with E-state index in [1.807, 2.05) is 0 Å². The van der Waals surface area contributed by atoms with Crippen LogP contribution in [0.5, 0.6) is 0 Å². The first-order valence-electron chi connectivity index (χ1n) is 5.02. The third-order valence-electron chi connectivity index (χ3n) is 2.70. The maximum absolute atomic E-state index is 11.2. The van der Waals surface area contributed by atoms with Gasteiger partial charge in [-0.1, -0.05) is 0 Å². The number of hydrogen-bond donors (Lipinski definition) is 1. The summed E-state index contributed by atoms with van der Waals surface area (Å²) in [5.74, 6) is 3.11. The molecule has 3 heteroatoms. The van der Waals surface area contributed by atoms with Crippen LogP contribution in [0.4, 0.5) is 0 Å². The summed E-state index contributed by atoms with van der Waals surface area (Å²) in [6, 6.07) is -0.109. The van der Waals surface area contributed by atoms with E-state index in [2.05, 4.69) is 16.0 Å². The number of methoxy groups -OCH3 is 1. The van der Waals surface area contributed by atoms with Gasteiger partial charge in [0.05, 0.1) is 7.11 Å². The minimum Gasteiger partial charge on any atom is -0.468 e. The normalized spacial score (nSPS) is 26.6. The Kier molecular flexibility index (Phi) is 4.48. The molecule has 0 radical (unpaired) electrons. The van der Waals surface area contributed by atoms with E-state index in [9.17, 15) is 4.79 Å². The molecule has 3 nitrogen and oxygen atoms in total. The predicted molar refractivity (Wildman–Crippen MR) is 54.6 cm³/mol. The smallest absolute Gasteiger partial charge is 0.322 e. The lowest BCUT2D eigenvalue weighted by Crippen LogP contribution is -2.44. The fourth-order valence-electron chi connectivity index (χ4n) is 1.79. The van der Waals surface area contributed by atoms with Crippen LogP contribution in [0.15, 0.2) is 0 Å². The molecule has 1 saturated heterocycles. The van der Waals surface area contributed by atoms with Crippen molar-refractivity contribution in [2.75, 3.05) is 13.7 Å². The number of rotatable bonds is 3. The van der Waals surface area contributed by atoms with Crippen LogP contribution in [-0.4, -0.2) is 25.7 Å². The van der Waals surface area contributed by atoms with Gasteiger partial charge in [0.1, 0.15) is 6.04 Å². The summed E-state index contributed by atoms with van der Waals surface area (Å²) in [5.41, 5.74) is 0. The molecule has 0 aliphatic carbocycles. The summed E-state index contributed by atoms with van der Waals surface area (Å²) in [5, 5.41) is 3.19. The van der Waals surface area contributed by atoms with Crippen LogP contribution >= 0.6 is 0 Å². The van der Waals surface area contributed by atoms with Crippen molar-refractivity contribution >= 4 is 5.97 Å². The molecule has 0 amide bonds. The molecule has 0 bridgehead atoms. The highest BCUT2D eigenvalue weighted by atomic mass is 16.5. The van der Waals surface area contributed by atoms with E-state index in [-0.39, 0.29) is 12.0 Å². The van der Waals surface area contributed by atoms with Crippen LogP contribution in [0.2, 0.25) is 0 Å². The lowest BCUT2D eigenvalue weighted by molar-refractivity contribution is -0.143. The number of esters is 1. The van der Waals surface area contributed by atoms with Crippen molar-refractivity contribution in [2.24, 2.45) is 5.92 Å². The Labute approximate surface area is 85.2 Å². The molecule has 1 rings (SSSR count). The molecule has 1 fully saturated rings. The summed E-state index contributed by atoms with van der Waals surface area (Å²) in [6.07, 6.45) is 9.01. The molecule has 1 aliphatic heterocycles. The quantitative estimate of drug-likeness (QED) is 0.538. The maximum Gasteiger partial charge on any atom is 0.322 e. The molecule has 1 unspecified atom stereocenters. The average molecular weight is 195 g/mol. The SMILES string of the molecule is C#CCCC1CC[C@@H](C(=O)OC)NC1. The number of terminal acetylenes is 1. The van der Waals surface area contributed by atoms with Gasteiger partial charge in [-0.15, -0.1) is 12.3 Å². The first kappa shape index (κ1) is 11.1. The second-order valence-electron chi connectivity index (χ2n) is 3.67. The zero-order valence-electron chi connectivity index (χ0n) is 8.58. The van der Waals surface area contributed by atoms with Crippen LogP contribution in [0.3, 0.4) is 0 Å². The van der Waals surface area contributed by atoms with Crippen LogP contribution < -0.4 is 5.32 Å². The maximum atomic E-state index is 11.2. The molecular formula is C11H17NO2. The highest BCUT2D eigenvalue weighted by Gasteiger charge is 2.25. The van der Waals surface area contributed by atoms with Gasteiger partial charge >= 0.3 is 5.97 Å². The van der Waals surface area contributed by atoms with Crippen molar-refractivity contribution in [3.8, 4) is 12.3 Å². The van der Waals surface area contributed by atoms with E-state index < -0.39 is 0 Å². The molecule has 14 heavy (non-hydrogen) atoms. The minimum absolute atomic E-state index is 0.109. The zero-order valence-corrected chi connectivity index (χ0v) is 8.58. The highest BCUT2D eigenvalue weighted by Crippen LogP contribution is 2.19. The van der Waals surface area contributed by atoms with Crippen molar-refractivity contribution in [3.63, 3.8) is 0 Å². The van der Waals surface area contributed by atoms with Gasteiger partial charge in [0.2, 0.25) is 0 Å². The number of nitrogens with one attached hydrogen (secondary N) is 1. The second kappa shape index (κ2) is 5.66. The molecule has 0 saturated carbocycles. The monoisotopic (exact) mass is 195 g/mol. The lowest BCUT2D eigenvalue weighted by atomic mass is 9.91. The number of piperidine rings is 1. The fraction of sp³-hybridized carbons (Fsp3) is 0.727. The standard InChI is InChI=1S/C11H17NO2/c1-3-4-5-9-6-7-10(12-8-9)11(13)14-2/h1,9-10,12H,4-8H2,2H3/t9?,10-/m0/s1. The summed E-state index contributed by atoms with van der Waals surface area (Å²) >= 11 is 0. The topological polar surface area (TPSA) is 38.3 Å². The Balaban J connectivity index is 2.25. The van der Waals surface area contributed by atoms with Gasteiger partial charge in [-0.05, 0) is 31.7 Å². The molecule has 0 aromatic carbocycles. The molecule has 1 N–H and O–H groups in total. The Hall–Kier alpha value is -1.01. The van der Waals surface area contributed by atoms with Crippen molar-refractivity contribution in [2.45, 2.75) is 31.7 Å². The number of ether oxygens (including phenoxy) is 1.